The number of carbonyl (C=O) groups is 2. The van der Waals surface area contributed by atoms with Crippen LogP contribution >= 0.6 is 15.9 Å². The molecule has 9 nitrogen and oxygen atoms in total. The summed E-state index contributed by atoms with van der Waals surface area (Å²) in [6.45, 7) is 1.68. The molecule has 2 aromatic carbocycles. The van der Waals surface area contributed by atoms with Crippen LogP contribution in [0.3, 0.4) is 0 Å². The van der Waals surface area contributed by atoms with Gasteiger partial charge in [0.15, 0.2) is 5.78 Å². The number of rotatable bonds is 5. The third-order valence-electron chi connectivity index (χ3n) is 5.35. The van der Waals surface area contributed by atoms with E-state index >= 15 is 0 Å². The molecular formula is C24H19BrN4O5. The minimum atomic E-state index is -0.784. The molecule has 0 aliphatic carbocycles. The molecule has 4 aromatic rings. The number of benzene rings is 2. The smallest absolute Gasteiger partial charge is 0.295 e. The molecule has 1 amide bonds. The van der Waals surface area contributed by atoms with E-state index < -0.39 is 22.8 Å². The SMILES string of the molecule is Cc1c(NC(=O)c2cc(C(=O)c3cc(Br)ccc3O)coc2=N)c(=O)n(-c2ccccc2)n1C. The zero-order valence-corrected chi connectivity index (χ0v) is 19.7. The normalized spacial score (nSPS) is 10.8. The highest BCUT2D eigenvalue weighted by molar-refractivity contribution is 9.10. The average molecular weight is 523 g/mol. The first-order valence-corrected chi connectivity index (χ1v) is 10.8. The van der Waals surface area contributed by atoms with Crippen LogP contribution in [0, 0.1) is 12.3 Å². The van der Waals surface area contributed by atoms with Crippen molar-refractivity contribution in [1.82, 2.24) is 9.36 Å². The molecular weight excluding hydrogens is 504 g/mol. The predicted molar refractivity (Wildman–Crippen MR) is 128 cm³/mol. The lowest BCUT2D eigenvalue weighted by Crippen LogP contribution is -2.26. The van der Waals surface area contributed by atoms with Crippen molar-refractivity contribution in [1.29, 1.82) is 5.41 Å². The number of phenolic OH excluding ortho intramolecular Hbond substituents is 1. The molecule has 0 radical (unpaired) electrons. The molecule has 172 valence electrons. The van der Waals surface area contributed by atoms with Gasteiger partial charge < -0.3 is 14.8 Å². The molecule has 0 aliphatic heterocycles. The first-order valence-electron chi connectivity index (χ1n) is 10.0. The van der Waals surface area contributed by atoms with Crippen molar-refractivity contribution in [3.05, 3.63) is 104 Å². The molecule has 0 saturated heterocycles. The maximum absolute atomic E-state index is 13.1. The maximum atomic E-state index is 13.1. The fourth-order valence-corrected chi connectivity index (χ4v) is 3.83. The van der Waals surface area contributed by atoms with Crippen molar-refractivity contribution in [3.63, 3.8) is 0 Å². The monoisotopic (exact) mass is 522 g/mol. The van der Waals surface area contributed by atoms with Crippen molar-refractivity contribution in [2.45, 2.75) is 6.92 Å². The summed E-state index contributed by atoms with van der Waals surface area (Å²) in [5, 5.41) is 20.6. The number of nitrogens with one attached hydrogen (secondary N) is 2. The number of hydrogen-bond donors (Lipinski definition) is 3. The fraction of sp³-hybridized carbons (Fsp3) is 0.0833. The van der Waals surface area contributed by atoms with Crippen LogP contribution in [0.4, 0.5) is 5.69 Å². The van der Waals surface area contributed by atoms with Crippen LogP contribution in [-0.2, 0) is 7.05 Å². The number of halogens is 1. The molecule has 0 bridgehead atoms. The van der Waals surface area contributed by atoms with Gasteiger partial charge >= 0.3 is 0 Å². The highest BCUT2D eigenvalue weighted by Crippen LogP contribution is 2.24. The maximum Gasteiger partial charge on any atom is 0.295 e. The van der Waals surface area contributed by atoms with Gasteiger partial charge in [-0.15, -0.1) is 0 Å². The number of aromatic hydroxyl groups is 1. The van der Waals surface area contributed by atoms with E-state index in [2.05, 4.69) is 21.2 Å². The van der Waals surface area contributed by atoms with Gasteiger partial charge in [0.2, 0.25) is 5.55 Å². The topological polar surface area (TPSA) is 130 Å². The van der Waals surface area contributed by atoms with Crippen molar-refractivity contribution in [2.75, 3.05) is 5.32 Å². The number of ketones is 1. The standard InChI is InChI=1S/C24H19BrN4O5/c1-13-20(24(33)29(28(13)2)16-6-4-3-5-7-16)27-23(32)18-10-14(12-34-22(18)26)21(31)17-11-15(25)8-9-19(17)30/h3-12,26,30H,1-2H3,(H,27,32). The van der Waals surface area contributed by atoms with E-state index in [1.165, 1.54) is 22.9 Å². The van der Waals surface area contributed by atoms with Gasteiger partial charge in [0.05, 0.1) is 22.5 Å². The van der Waals surface area contributed by atoms with Crippen LogP contribution in [0.2, 0.25) is 0 Å². The molecule has 4 rings (SSSR count). The first kappa shape index (κ1) is 23.0. The number of hydrogen-bond acceptors (Lipinski definition) is 6. The van der Waals surface area contributed by atoms with Crippen molar-refractivity contribution in [3.8, 4) is 11.4 Å². The summed E-state index contributed by atoms with van der Waals surface area (Å²) in [5.74, 6) is -1.62. The minimum absolute atomic E-state index is 0.00156. The average Bonchev–Trinajstić information content (AvgIpc) is 3.04. The lowest BCUT2D eigenvalue weighted by Gasteiger charge is -2.07. The Morgan fingerprint density at radius 1 is 1.09 bits per heavy atom. The third kappa shape index (κ3) is 4.11. The Balaban J connectivity index is 1.70. The van der Waals surface area contributed by atoms with Crippen LogP contribution in [0.5, 0.6) is 5.75 Å². The largest absolute Gasteiger partial charge is 0.507 e. The Morgan fingerprint density at radius 3 is 2.50 bits per heavy atom. The summed E-state index contributed by atoms with van der Waals surface area (Å²) in [5.41, 5.74) is -0.0577. The first-order chi connectivity index (χ1) is 16.2. The molecule has 0 spiro atoms. The zero-order chi connectivity index (χ0) is 24.6. The Hall–Kier alpha value is -4.18. The van der Waals surface area contributed by atoms with Crippen LogP contribution < -0.4 is 16.4 Å². The molecule has 0 atom stereocenters. The lowest BCUT2D eigenvalue weighted by atomic mass is 10.0. The van der Waals surface area contributed by atoms with E-state index in [-0.39, 0.29) is 28.1 Å². The van der Waals surface area contributed by atoms with Gasteiger partial charge in [0.25, 0.3) is 11.5 Å². The highest BCUT2D eigenvalue weighted by atomic mass is 79.9. The van der Waals surface area contributed by atoms with E-state index in [1.54, 1.807) is 49.0 Å². The van der Waals surface area contributed by atoms with E-state index in [0.717, 1.165) is 6.26 Å². The number of aromatic nitrogens is 2. The summed E-state index contributed by atoms with van der Waals surface area (Å²) < 4.78 is 8.72. The number of nitrogens with zero attached hydrogens (tertiary/aromatic N) is 2. The summed E-state index contributed by atoms with van der Waals surface area (Å²) >= 11 is 3.25. The van der Waals surface area contributed by atoms with E-state index in [9.17, 15) is 19.5 Å². The van der Waals surface area contributed by atoms with Gasteiger partial charge in [-0.3, -0.25) is 24.5 Å². The van der Waals surface area contributed by atoms with E-state index in [1.807, 2.05) is 6.07 Å². The van der Waals surface area contributed by atoms with E-state index in [4.69, 9.17) is 9.83 Å². The molecule has 0 aliphatic rings. The third-order valence-corrected chi connectivity index (χ3v) is 5.84. The van der Waals surface area contributed by atoms with Crippen molar-refractivity contribution < 1.29 is 19.1 Å². The van der Waals surface area contributed by atoms with Gasteiger partial charge in [0.1, 0.15) is 23.3 Å². The second kappa shape index (κ2) is 8.99. The van der Waals surface area contributed by atoms with Crippen LogP contribution in [0.1, 0.15) is 32.0 Å². The van der Waals surface area contributed by atoms with E-state index in [0.29, 0.717) is 15.9 Å². The molecule has 10 heteroatoms. The summed E-state index contributed by atoms with van der Waals surface area (Å²) in [6, 6.07) is 14.5. The number of phenols is 1. The number of carbonyl (C=O) groups excluding carboxylic acids is 2. The number of amides is 1. The number of para-hydroxylation sites is 1. The van der Waals surface area contributed by atoms with Crippen LogP contribution in [0.15, 0.2) is 74.5 Å². The summed E-state index contributed by atoms with van der Waals surface area (Å²) in [4.78, 5) is 39.0. The van der Waals surface area contributed by atoms with Crippen LogP contribution in [-0.4, -0.2) is 26.2 Å². The highest BCUT2D eigenvalue weighted by Gasteiger charge is 2.22. The van der Waals surface area contributed by atoms with Gasteiger partial charge in [-0.2, -0.15) is 0 Å². The molecule has 2 aromatic heterocycles. The molecule has 0 unspecified atom stereocenters. The second-order valence-corrected chi connectivity index (χ2v) is 8.38. The van der Waals surface area contributed by atoms with Gasteiger partial charge in [-0.05, 0) is 43.3 Å². The van der Waals surface area contributed by atoms with Gasteiger partial charge in [-0.1, -0.05) is 34.1 Å². The lowest BCUT2D eigenvalue weighted by molar-refractivity contribution is 0.102. The van der Waals surface area contributed by atoms with Gasteiger partial charge in [-0.25, -0.2) is 4.68 Å². The zero-order valence-electron chi connectivity index (χ0n) is 18.1. The molecule has 2 heterocycles. The van der Waals surface area contributed by atoms with Crippen LogP contribution in [0.25, 0.3) is 5.69 Å². The molecule has 0 saturated carbocycles. The Kier molecular flexibility index (Phi) is 6.08. The van der Waals surface area contributed by atoms with Gasteiger partial charge in [0, 0.05) is 11.5 Å². The molecule has 0 fully saturated rings. The Bertz CT molecular complexity index is 1550. The minimum Gasteiger partial charge on any atom is -0.507 e. The second-order valence-electron chi connectivity index (χ2n) is 7.46. The Labute approximate surface area is 201 Å². The van der Waals surface area contributed by atoms with Crippen molar-refractivity contribution >= 4 is 33.3 Å². The Morgan fingerprint density at radius 2 is 1.79 bits per heavy atom. The molecule has 34 heavy (non-hydrogen) atoms. The molecule has 3 N–H and O–H groups in total. The van der Waals surface area contributed by atoms with Crippen molar-refractivity contribution in [2.24, 2.45) is 7.05 Å². The quantitative estimate of drug-likeness (QED) is 0.345. The number of anilines is 1. The summed E-state index contributed by atoms with van der Waals surface area (Å²) in [6.07, 6.45) is 1.04. The summed E-state index contributed by atoms with van der Waals surface area (Å²) in [7, 11) is 1.69. The fourth-order valence-electron chi connectivity index (χ4n) is 3.47. The predicted octanol–water partition coefficient (Wildman–Crippen LogP) is 3.51.